The monoisotopic (exact) mass is 179 g/mol. The van der Waals surface area contributed by atoms with Crippen LogP contribution in [0, 0.1) is 18.3 Å². The molecule has 0 amide bonds. The first-order chi connectivity index (χ1) is 6.38. The Bertz CT molecular complexity index is 162. The molecule has 0 aromatic heterocycles. The zero-order valence-electron chi connectivity index (χ0n) is 8.68. The van der Waals surface area contributed by atoms with Crippen LogP contribution in [0.25, 0.3) is 0 Å². The molecule has 13 heavy (non-hydrogen) atoms. The van der Waals surface area contributed by atoms with Gasteiger partial charge in [-0.15, -0.1) is 6.42 Å². The van der Waals surface area contributed by atoms with Gasteiger partial charge in [-0.1, -0.05) is 32.1 Å². The summed E-state index contributed by atoms with van der Waals surface area (Å²) >= 11 is 0. The van der Waals surface area contributed by atoms with Crippen molar-refractivity contribution in [3.8, 4) is 12.3 Å². The first kappa shape index (κ1) is 10.6. The molecule has 1 heteroatoms. The summed E-state index contributed by atoms with van der Waals surface area (Å²) in [5.74, 6) is 3.64. The Hall–Kier alpha value is -0.480. The SMILES string of the molecule is C#CC(NCCC)C1CCCCC1. The van der Waals surface area contributed by atoms with Gasteiger partial charge in [0.15, 0.2) is 0 Å². The summed E-state index contributed by atoms with van der Waals surface area (Å²) in [5.41, 5.74) is 0. The molecule has 74 valence electrons. The van der Waals surface area contributed by atoms with Crippen LogP contribution in [0.4, 0.5) is 0 Å². The van der Waals surface area contributed by atoms with Crippen molar-refractivity contribution in [2.45, 2.75) is 51.5 Å². The zero-order chi connectivity index (χ0) is 9.52. The smallest absolute Gasteiger partial charge is 0.0715 e. The van der Waals surface area contributed by atoms with E-state index in [2.05, 4.69) is 18.2 Å². The highest BCUT2D eigenvalue weighted by Gasteiger charge is 2.20. The minimum absolute atomic E-state index is 0.334. The molecule has 1 rings (SSSR count). The third kappa shape index (κ3) is 3.40. The fourth-order valence-electron chi connectivity index (χ4n) is 2.13. The van der Waals surface area contributed by atoms with Crippen LogP contribution < -0.4 is 5.32 Å². The van der Waals surface area contributed by atoms with E-state index in [1.165, 1.54) is 38.5 Å². The lowest BCUT2D eigenvalue weighted by Crippen LogP contribution is -2.36. The number of hydrogen-bond acceptors (Lipinski definition) is 1. The summed E-state index contributed by atoms with van der Waals surface area (Å²) in [5, 5.41) is 3.45. The topological polar surface area (TPSA) is 12.0 Å². The van der Waals surface area contributed by atoms with Crippen LogP contribution in [0.5, 0.6) is 0 Å². The molecule has 1 unspecified atom stereocenters. The van der Waals surface area contributed by atoms with Gasteiger partial charge in [-0.3, -0.25) is 0 Å². The Morgan fingerprint density at radius 2 is 2.08 bits per heavy atom. The van der Waals surface area contributed by atoms with Crippen LogP contribution in [0.15, 0.2) is 0 Å². The molecule has 1 atom stereocenters. The van der Waals surface area contributed by atoms with Gasteiger partial charge in [-0.05, 0) is 31.7 Å². The normalized spacial score (nSPS) is 20.9. The van der Waals surface area contributed by atoms with E-state index in [1.54, 1.807) is 0 Å². The summed E-state index contributed by atoms with van der Waals surface area (Å²) in [6, 6.07) is 0.334. The average Bonchev–Trinajstić information content (AvgIpc) is 2.21. The molecule has 1 aliphatic rings. The van der Waals surface area contributed by atoms with E-state index in [1.807, 2.05) is 0 Å². The molecular formula is C12H21N. The van der Waals surface area contributed by atoms with E-state index in [0.29, 0.717) is 6.04 Å². The van der Waals surface area contributed by atoms with Crippen molar-refractivity contribution in [1.29, 1.82) is 0 Å². The van der Waals surface area contributed by atoms with Gasteiger partial charge in [0, 0.05) is 0 Å². The standard InChI is InChI=1S/C12H21N/c1-3-10-13-12(4-2)11-8-6-5-7-9-11/h2,11-13H,3,5-10H2,1H3. The highest BCUT2D eigenvalue weighted by atomic mass is 14.9. The quantitative estimate of drug-likeness (QED) is 0.654. The molecule has 1 aliphatic carbocycles. The fourth-order valence-corrected chi connectivity index (χ4v) is 2.13. The Labute approximate surface area is 82.3 Å². The van der Waals surface area contributed by atoms with Gasteiger partial charge >= 0.3 is 0 Å². The van der Waals surface area contributed by atoms with Gasteiger partial charge in [0.05, 0.1) is 6.04 Å². The van der Waals surface area contributed by atoms with Crippen LogP contribution >= 0.6 is 0 Å². The number of rotatable bonds is 4. The number of hydrogen-bond donors (Lipinski definition) is 1. The molecule has 0 bridgehead atoms. The molecule has 1 N–H and O–H groups in total. The Kier molecular flexibility index (Phi) is 4.93. The highest BCUT2D eigenvalue weighted by molar-refractivity contribution is 5.02. The lowest BCUT2D eigenvalue weighted by Gasteiger charge is -2.27. The maximum absolute atomic E-state index is 5.53. The van der Waals surface area contributed by atoms with Gasteiger partial charge in [-0.25, -0.2) is 0 Å². The van der Waals surface area contributed by atoms with Crippen LogP contribution in [0.2, 0.25) is 0 Å². The molecule has 0 saturated heterocycles. The van der Waals surface area contributed by atoms with E-state index < -0.39 is 0 Å². The third-order valence-corrected chi connectivity index (χ3v) is 2.92. The van der Waals surface area contributed by atoms with Crippen LogP contribution in [0.3, 0.4) is 0 Å². The molecular weight excluding hydrogens is 158 g/mol. The van der Waals surface area contributed by atoms with Gasteiger partial charge in [0.25, 0.3) is 0 Å². The minimum atomic E-state index is 0.334. The number of nitrogens with one attached hydrogen (secondary N) is 1. The van der Waals surface area contributed by atoms with Gasteiger partial charge in [0.2, 0.25) is 0 Å². The van der Waals surface area contributed by atoms with Crippen molar-refractivity contribution < 1.29 is 0 Å². The van der Waals surface area contributed by atoms with Crippen molar-refractivity contribution in [2.75, 3.05) is 6.54 Å². The zero-order valence-corrected chi connectivity index (χ0v) is 8.68. The van der Waals surface area contributed by atoms with Gasteiger partial charge in [-0.2, -0.15) is 0 Å². The fraction of sp³-hybridized carbons (Fsp3) is 0.833. The maximum atomic E-state index is 5.53. The largest absolute Gasteiger partial charge is 0.303 e. The molecule has 1 nitrogen and oxygen atoms in total. The lowest BCUT2D eigenvalue weighted by molar-refractivity contribution is 0.307. The van der Waals surface area contributed by atoms with E-state index in [-0.39, 0.29) is 0 Å². The first-order valence-electron chi connectivity index (χ1n) is 5.58. The second kappa shape index (κ2) is 6.05. The summed E-state index contributed by atoms with van der Waals surface area (Å²) in [6.07, 6.45) is 13.5. The van der Waals surface area contributed by atoms with Gasteiger partial charge < -0.3 is 5.32 Å². The van der Waals surface area contributed by atoms with Crippen molar-refractivity contribution in [3.05, 3.63) is 0 Å². The molecule has 1 fully saturated rings. The van der Waals surface area contributed by atoms with Crippen molar-refractivity contribution in [1.82, 2.24) is 5.32 Å². The summed E-state index contributed by atoms with van der Waals surface area (Å²) in [7, 11) is 0. The van der Waals surface area contributed by atoms with E-state index >= 15 is 0 Å². The lowest BCUT2D eigenvalue weighted by atomic mass is 9.84. The summed E-state index contributed by atoms with van der Waals surface area (Å²) < 4.78 is 0. The van der Waals surface area contributed by atoms with E-state index in [9.17, 15) is 0 Å². The van der Waals surface area contributed by atoms with Crippen LogP contribution in [0.1, 0.15) is 45.4 Å². The highest BCUT2D eigenvalue weighted by Crippen LogP contribution is 2.26. The Morgan fingerprint density at radius 1 is 1.38 bits per heavy atom. The van der Waals surface area contributed by atoms with Crippen LogP contribution in [-0.2, 0) is 0 Å². The van der Waals surface area contributed by atoms with Gasteiger partial charge in [0.1, 0.15) is 0 Å². The third-order valence-electron chi connectivity index (χ3n) is 2.92. The van der Waals surface area contributed by atoms with E-state index in [0.717, 1.165) is 12.5 Å². The summed E-state index contributed by atoms with van der Waals surface area (Å²) in [6.45, 7) is 3.24. The van der Waals surface area contributed by atoms with Crippen LogP contribution in [-0.4, -0.2) is 12.6 Å². The second-order valence-electron chi connectivity index (χ2n) is 4.00. The molecule has 1 saturated carbocycles. The summed E-state index contributed by atoms with van der Waals surface area (Å²) in [4.78, 5) is 0. The number of terminal acetylenes is 1. The molecule has 0 aromatic carbocycles. The van der Waals surface area contributed by atoms with Crippen molar-refractivity contribution in [2.24, 2.45) is 5.92 Å². The predicted molar refractivity (Wildman–Crippen MR) is 57.5 cm³/mol. The molecule has 0 aliphatic heterocycles. The molecule has 0 aromatic rings. The molecule has 0 spiro atoms. The van der Waals surface area contributed by atoms with E-state index in [4.69, 9.17) is 6.42 Å². The Balaban J connectivity index is 2.31. The Morgan fingerprint density at radius 3 is 2.62 bits per heavy atom. The van der Waals surface area contributed by atoms with Crippen molar-refractivity contribution >= 4 is 0 Å². The maximum Gasteiger partial charge on any atom is 0.0715 e. The minimum Gasteiger partial charge on any atom is -0.303 e. The molecule has 0 radical (unpaired) electrons. The first-order valence-corrected chi connectivity index (χ1v) is 5.58. The predicted octanol–water partition coefficient (Wildman–Crippen LogP) is 2.57. The molecule has 0 heterocycles. The average molecular weight is 179 g/mol. The van der Waals surface area contributed by atoms with Crippen molar-refractivity contribution in [3.63, 3.8) is 0 Å². The second-order valence-corrected chi connectivity index (χ2v) is 4.00.